The van der Waals surface area contributed by atoms with Crippen LogP contribution in [-0.4, -0.2) is 63.1 Å². The number of ether oxygens (including phenoxy) is 2. The van der Waals surface area contributed by atoms with Crippen molar-refractivity contribution < 1.29 is 22.7 Å². The summed E-state index contributed by atoms with van der Waals surface area (Å²) >= 11 is 0. The number of carbonyl (C=O) groups is 1. The van der Waals surface area contributed by atoms with E-state index < -0.39 is 10.0 Å². The number of nitrogens with zero attached hydrogens (tertiary/aromatic N) is 2. The van der Waals surface area contributed by atoms with Crippen LogP contribution in [-0.2, 0) is 19.5 Å². The van der Waals surface area contributed by atoms with Gasteiger partial charge in [-0.3, -0.25) is 9.78 Å². The normalized spacial score (nSPS) is 19.6. The standard InChI is InChI=1S/C22H27N3O5S/c26-22(24-21(17-7-12-29-13-8-17)19-2-1-9-23-16-19)18-3-5-20(6-4-18)31(27,28)25-10-14-30-15-11-25/h1-6,9,16-17,21H,7-8,10-15H2,(H,24,26). The molecule has 31 heavy (non-hydrogen) atoms. The Morgan fingerprint density at radius 3 is 2.35 bits per heavy atom. The second-order valence-corrected chi connectivity index (χ2v) is 9.67. The van der Waals surface area contributed by atoms with Crippen LogP contribution in [0.4, 0.5) is 0 Å². The first-order valence-electron chi connectivity index (χ1n) is 10.5. The maximum atomic E-state index is 13.0. The fraction of sp³-hybridized carbons (Fsp3) is 0.455. The molecule has 0 spiro atoms. The number of benzene rings is 1. The van der Waals surface area contributed by atoms with Crippen LogP contribution in [0.2, 0.25) is 0 Å². The number of hydrogen-bond acceptors (Lipinski definition) is 6. The second-order valence-electron chi connectivity index (χ2n) is 7.73. The highest BCUT2D eigenvalue weighted by atomic mass is 32.2. The van der Waals surface area contributed by atoms with E-state index in [9.17, 15) is 13.2 Å². The molecule has 2 aliphatic rings. The monoisotopic (exact) mass is 445 g/mol. The van der Waals surface area contributed by atoms with Crippen LogP contribution in [0.25, 0.3) is 0 Å². The molecule has 2 aliphatic heterocycles. The highest BCUT2D eigenvalue weighted by Crippen LogP contribution is 2.30. The molecule has 0 bridgehead atoms. The number of sulfonamides is 1. The molecule has 2 aromatic rings. The molecule has 8 nitrogen and oxygen atoms in total. The Balaban J connectivity index is 1.50. The van der Waals surface area contributed by atoms with Crippen molar-refractivity contribution in [2.45, 2.75) is 23.8 Å². The topological polar surface area (TPSA) is 97.8 Å². The molecule has 1 amide bonds. The van der Waals surface area contributed by atoms with Gasteiger partial charge in [0.25, 0.3) is 5.91 Å². The summed E-state index contributed by atoms with van der Waals surface area (Å²) in [6.45, 7) is 2.80. The zero-order valence-corrected chi connectivity index (χ0v) is 18.1. The maximum absolute atomic E-state index is 13.0. The van der Waals surface area contributed by atoms with E-state index >= 15 is 0 Å². The van der Waals surface area contributed by atoms with Gasteiger partial charge in [-0.1, -0.05) is 6.07 Å². The van der Waals surface area contributed by atoms with Crippen molar-refractivity contribution in [1.82, 2.24) is 14.6 Å². The Labute approximate surface area is 182 Å². The molecular formula is C22H27N3O5S. The number of pyridine rings is 1. The van der Waals surface area contributed by atoms with E-state index in [0.717, 1.165) is 18.4 Å². The number of rotatable bonds is 6. The molecule has 1 aromatic carbocycles. The third-order valence-electron chi connectivity index (χ3n) is 5.79. The molecule has 1 atom stereocenters. The number of aromatic nitrogens is 1. The Morgan fingerprint density at radius 2 is 1.71 bits per heavy atom. The molecule has 2 saturated heterocycles. The summed E-state index contributed by atoms with van der Waals surface area (Å²) in [5.41, 5.74) is 1.37. The summed E-state index contributed by atoms with van der Waals surface area (Å²) in [6, 6.07) is 9.76. The van der Waals surface area contributed by atoms with Crippen molar-refractivity contribution in [2.75, 3.05) is 39.5 Å². The van der Waals surface area contributed by atoms with Gasteiger partial charge < -0.3 is 14.8 Å². The van der Waals surface area contributed by atoms with Gasteiger partial charge >= 0.3 is 0 Å². The van der Waals surface area contributed by atoms with E-state index in [2.05, 4.69) is 10.3 Å². The third-order valence-corrected chi connectivity index (χ3v) is 7.70. The zero-order valence-electron chi connectivity index (χ0n) is 17.3. The fourth-order valence-corrected chi connectivity index (χ4v) is 5.43. The van der Waals surface area contributed by atoms with Gasteiger partial charge in [-0.15, -0.1) is 0 Å². The van der Waals surface area contributed by atoms with Gasteiger partial charge in [0.15, 0.2) is 0 Å². The minimum absolute atomic E-state index is 0.179. The first kappa shape index (κ1) is 21.9. The Morgan fingerprint density at radius 1 is 1.03 bits per heavy atom. The molecule has 4 rings (SSSR count). The number of carbonyl (C=O) groups excluding carboxylic acids is 1. The Kier molecular flexibility index (Phi) is 6.96. The Hall–Kier alpha value is -2.33. The average molecular weight is 446 g/mol. The number of nitrogens with one attached hydrogen (secondary N) is 1. The van der Waals surface area contributed by atoms with E-state index in [1.807, 2.05) is 12.1 Å². The summed E-state index contributed by atoms with van der Waals surface area (Å²) in [7, 11) is -3.59. The molecule has 1 N–H and O–H groups in total. The minimum Gasteiger partial charge on any atom is -0.381 e. The van der Waals surface area contributed by atoms with E-state index in [4.69, 9.17) is 9.47 Å². The molecule has 0 aliphatic carbocycles. The molecular weight excluding hydrogens is 418 g/mol. The first-order chi connectivity index (χ1) is 15.1. The van der Waals surface area contributed by atoms with Crippen molar-refractivity contribution >= 4 is 15.9 Å². The molecule has 0 radical (unpaired) electrons. The summed E-state index contributed by atoms with van der Waals surface area (Å²) in [5, 5.41) is 3.13. The highest BCUT2D eigenvalue weighted by Gasteiger charge is 2.29. The van der Waals surface area contributed by atoms with Crippen LogP contribution in [0.15, 0.2) is 53.7 Å². The van der Waals surface area contributed by atoms with Crippen molar-refractivity contribution in [1.29, 1.82) is 0 Å². The number of amides is 1. The van der Waals surface area contributed by atoms with Crippen molar-refractivity contribution in [3.8, 4) is 0 Å². The Bertz CT molecular complexity index is 970. The third kappa shape index (κ3) is 5.12. The van der Waals surface area contributed by atoms with Gasteiger partial charge in [0, 0.05) is 44.3 Å². The van der Waals surface area contributed by atoms with Crippen molar-refractivity contribution in [3.05, 3.63) is 59.9 Å². The zero-order chi connectivity index (χ0) is 21.7. The first-order valence-corrected chi connectivity index (χ1v) is 12.0. The lowest BCUT2D eigenvalue weighted by Crippen LogP contribution is -2.40. The van der Waals surface area contributed by atoms with E-state index in [1.165, 1.54) is 16.4 Å². The van der Waals surface area contributed by atoms with Gasteiger partial charge in [-0.25, -0.2) is 8.42 Å². The summed E-state index contributed by atoms with van der Waals surface area (Å²) in [4.78, 5) is 17.4. The molecule has 166 valence electrons. The minimum atomic E-state index is -3.59. The van der Waals surface area contributed by atoms with Crippen LogP contribution in [0.3, 0.4) is 0 Å². The van der Waals surface area contributed by atoms with E-state index in [-0.39, 0.29) is 22.8 Å². The molecule has 3 heterocycles. The summed E-state index contributed by atoms with van der Waals surface area (Å²) in [5.74, 6) is 0.0125. The van der Waals surface area contributed by atoms with Crippen molar-refractivity contribution in [3.63, 3.8) is 0 Å². The van der Waals surface area contributed by atoms with Gasteiger partial charge in [0.05, 0.1) is 24.2 Å². The predicted molar refractivity (Wildman–Crippen MR) is 114 cm³/mol. The van der Waals surface area contributed by atoms with Gasteiger partial charge in [0.2, 0.25) is 10.0 Å². The molecule has 1 aromatic heterocycles. The maximum Gasteiger partial charge on any atom is 0.251 e. The molecule has 9 heteroatoms. The molecule has 2 fully saturated rings. The van der Waals surface area contributed by atoms with E-state index in [0.29, 0.717) is 45.1 Å². The number of hydrogen-bond donors (Lipinski definition) is 1. The van der Waals surface area contributed by atoms with E-state index in [1.54, 1.807) is 24.5 Å². The lowest BCUT2D eigenvalue weighted by atomic mass is 9.87. The van der Waals surface area contributed by atoms with Crippen LogP contribution < -0.4 is 5.32 Å². The number of morpholine rings is 1. The van der Waals surface area contributed by atoms with Crippen LogP contribution in [0, 0.1) is 5.92 Å². The average Bonchev–Trinajstić information content (AvgIpc) is 2.84. The summed E-state index contributed by atoms with van der Waals surface area (Å²) in [6.07, 6.45) is 5.20. The molecule has 0 saturated carbocycles. The van der Waals surface area contributed by atoms with Crippen molar-refractivity contribution in [2.24, 2.45) is 5.92 Å². The van der Waals surface area contributed by atoms with Crippen LogP contribution >= 0.6 is 0 Å². The van der Waals surface area contributed by atoms with Gasteiger partial charge in [-0.05, 0) is 54.7 Å². The lowest BCUT2D eigenvalue weighted by molar-refractivity contribution is 0.0513. The smallest absolute Gasteiger partial charge is 0.251 e. The SMILES string of the molecule is O=C(NC(c1cccnc1)C1CCOCC1)c1ccc(S(=O)(=O)N2CCOCC2)cc1. The largest absolute Gasteiger partial charge is 0.381 e. The van der Waals surface area contributed by atoms with Crippen LogP contribution in [0.5, 0.6) is 0 Å². The fourth-order valence-electron chi connectivity index (χ4n) is 4.02. The van der Waals surface area contributed by atoms with Gasteiger partial charge in [-0.2, -0.15) is 4.31 Å². The highest BCUT2D eigenvalue weighted by molar-refractivity contribution is 7.89. The molecule has 1 unspecified atom stereocenters. The van der Waals surface area contributed by atoms with Crippen LogP contribution in [0.1, 0.15) is 34.8 Å². The predicted octanol–water partition coefficient (Wildman–Crippen LogP) is 2.00. The summed E-state index contributed by atoms with van der Waals surface area (Å²) < 4.78 is 37.7. The van der Waals surface area contributed by atoms with Gasteiger partial charge in [0.1, 0.15) is 0 Å². The quantitative estimate of drug-likeness (QED) is 0.730. The second kappa shape index (κ2) is 9.86. The lowest BCUT2D eigenvalue weighted by Gasteiger charge is -2.31.